The van der Waals surface area contributed by atoms with Gasteiger partial charge < -0.3 is 20.7 Å². The summed E-state index contributed by atoms with van der Waals surface area (Å²) in [6, 6.07) is 17.8. The molecule has 0 saturated heterocycles. The highest BCUT2D eigenvalue weighted by atomic mass is 16.5. The number of hydrogen-bond donors (Lipinski definition) is 3. The maximum atomic E-state index is 12.7. The highest BCUT2D eigenvalue weighted by molar-refractivity contribution is 6.11. The molecule has 3 N–H and O–H groups in total. The number of amides is 3. The zero-order valence-electron chi connectivity index (χ0n) is 17.1. The molecule has 0 fully saturated rings. The fourth-order valence-corrected chi connectivity index (χ4v) is 3.60. The number of hydrogen-bond acceptors (Lipinski definition) is 4. The Morgan fingerprint density at radius 2 is 1.65 bits per heavy atom. The SMILES string of the molecule is COc1ccc(-c2ccc(NC(=O)c3ccc(NC(C)=O)cc3)c3c2CNC3=O)cc1. The van der Waals surface area contributed by atoms with Gasteiger partial charge in [-0.15, -0.1) is 0 Å². The molecular weight excluding hydrogens is 394 g/mol. The topological polar surface area (TPSA) is 96.5 Å². The minimum absolute atomic E-state index is 0.185. The Kier molecular flexibility index (Phi) is 5.41. The van der Waals surface area contributed by atoms with Crippen molar-refractivity contribution in [2.24, 2.45) is 0 Å². The van der Waals surface area contributed by atoms with E-state index in [2.05, 4.69) is 16.0 Å². The highest BCUT2D eigenvalue weighted by Crippen LogP contribution is 2.34. The number of benzene rings is 3. The number of nitrogens with one attached hydrogen (secondary N) is 3. The summed E-state index contributed by atoms with van der Waals surface area (Å²) in [6.45, 7) is 1.81. The predicted molar refractivity (Wildman–Crippen MR) is 118 cm³/mol. The zero-order valence-corrected chi connectivity index (χ0v) is 17.1. The first-order chi connectivity index (χ1) is 15.0. The van der Waals surface area contributed by atoms with Crippen LogP contribution in [0.1, 0.15) is 33.2 Å². The van der Waals surface area contributed by atoms with Crippen LogP contribution in [0.25, 0.3) is 11.1 Å². The summed E-state index contributed by atoms with van der Waals surface area (Å²) in [6.07, 6.45) is 0. The smallest absolute Gasteiger partial charge is 0.255 e. The molecule has 0 radical (unpaired) electrons. The molecule has 3 amide bonds. The van der Waals surface area contributed by atoms with E-state index in [0.29, 0.717) is 29.0 Å². The molecule has 3 aromatic carbocycles. The van der Waals surface area contributed by atoms with E-state index in [1.807, 2.05) is 30.3 Å². The average Bonchev–Trinajstić information content (AvgIpc) is 3.16. The number of fused-ring (bicyclic) bond motifs is 1. The third-order valence-electron chi connectivity index (χ3n) is 5.08. The summed E-state index contributed by atoms with van der Waals surface area (Å²) in [5.74, 6) is 0.00821. The van der Waals surface area contributed by atoms with E-state index < -0.39 is 0 Å². The Morgan fingerprint density at radius 3 is 2.29 bits per heavy atom. The van der Waals surface area contributed by atoms with E-state index in [0.717, 1.165) is 22.4 Å². The van der Waals surface area contributed by atoms with Crippen molar-refractivity contribution in [2.75, 3.05) is 17.7 Å². The van der Waals surface area contributed by atoms with Crippen LogP contribution in [0.3, 0.4) is 0 Å². The van der Waals surface area contributed by atoms with Crippen LogP contribution in [0.4, 0.5) is 11.4 Å². The van der Waals surface area contributed by atoms with Gasteiger partial charge in [-0.2, -0.15) is 0 Å². The second kappa shape index (κ2) is 8.31. The van der Waals surface area contributed by atoms with Gasteiger partial charge in [0.1, 0.15) is 5.75 Å². The largest absolute Gasteiger partial charge is 0.497 e. The molecule has 0 unspecified atom stereocenters. The molecular formula is C24H21N3O4. The summed E-state index contributed by atoms with van der Waals surface area (Å²) in [4.78, 5) is 36.4. The van der Waals surface area contributed by atoms with Gasteiger partial charge in [0.2, 0.25) is 5.91 Å². The average molecular weight is 415 g/mol. The first-order valence-corrected chi connectivity index (χ1v) is 9.74. The fraction of sp³-hybridized carbons (Fsp3) is 0.125. The number of carbonyl (C=O) groups excluding carboxylic acids is 3. The molecule has 7 nitrogen and oxygen atoms in total. The van der Waals surface area contributed by atoms with Gasteiger partial charge in [-0.05, 0) is 59.2 Å². The summed E-state index contributed by atoms with van der Waals surface area (Å²) in [5.41, 5.74) is 4.67. The first-order valence-electron chi connectivity index (χ1n) is 9.74. The molecule has 0 atom stereocenters. The standard InChI is InChI=1S/C24H21N3O4/c1-14(28)26-17-7-3-16(4-8-17)23(29)27-21-12-11-19(20-13-25-24(30)22(20)21)15-5-9-18(31-2)10-6-15/h3-12H,13H2,1-2H3,(H,25,30)(H,26,28)(H,27,29). The lowest BCUT2D eigenvalue weighted by Crippen LogP contribution is -2.17. The van der Waals surface area contributed by atoms with Gasteiger partial charge in [0.25, 0.3) is 11.8 Å². The van der Waals surface area contributed by atoms with Gasteiger partial charge in [-0.1, -0.05) is 18.2 Å². The van der Waals surface area contributed by atoms with Gasteiger partial charge >= 0.3 is 0 Å². The first kappa shape index (κ1) is 20.2. The molecule has 31 heavy (non-hydrogen) atoms. The van der Waals surface area contributed by atoms with Crippen LogP contribution in [0.2, 0.25) is 0 Å². The fourth-order valence-electron chi connectivity index (χ4n) is 3.60. The van der Waals surface area contributed by atoms with E-state index in [1.165, 1.54) is 6.92 Å². The van der Waals surface area contributed by atoms with Gasteiger partial charge in [-0.3, -0.25) is 14.4 Å². The highest BCUT2D eigenvalue weighted by Gasteiger charge is 2.27. The molecule has 0 bridgehead atoms. The van der Waals surface area contributed by atoms with Gasteiger partial charge in [0, 0.05) is 24.7 Å². The number of anilines is 2. The van der Waals surface area contributed by atoms with Crippen molar-refractivity contribution in [3.8, 4) is 16.9 Å². The normalized spacial score (nSPS) is 12.0. The third kappa shape index (κ3) is 4.11. The molecule has 7 heteroatoms. The Labute approximate surface area is 179 Å². The summed E-state index contributed by atoms with van der Waals surface area (Å²) < 4.78 is 5.21. The quantitative estimate of drug-likeness (QED) is 0.590. The Bertz CT molecular complexity index is 1170. The number of methoxy groups -OCH3 is 1. The van der Waals surface area contributed by atoms with E-state index in [-0.39, 0.29) is 17.7 Å². The molecule has 0 aliphatic carbocycles. The number of carbonyl (C=O) groups is 3. The van der Waals surface area contributed by atoms with Crippen LogP contribution >= 0.6 is 0 Å². The lowest BCUT2D eigenvalue weighted by atomic mass is 9.95. The molecule has 1 aliphatic rings. The van der Waals surface area contributed by atoms with Crippen LogP contribution in [0.5, 0.6) is 5.75 Å². The Hall–Kier alpha value is -4.13. The molecule has 3 aromatic rings. The zero-order chi connectivity index (χ0) is 22.0. The van der Waals surface area contributed by atoms with E-state index in [9.17, 15) is 14.4 Å². The predicted octanol–water partition coefficient (Wildman–Crippen LogP) is 3.82. The van der Waals surface area contributed by atoms with Gasteiger partial charge in [-0.25, -0.2) is 0 Å². The lowest BCUT2D eigenvalue weighted by molar-refractivity contribution is -0.114. The van der Waals surface area contributed by atoms with Crippen LogP contribution in [0.15, 0.2) is 60.7 Å². The number of rotatable bonds is 5. The lowest BCUT2D eigenvalue weighted by Gasteiger charge is -2.13. The molecule has 156 valence electrons. The third-order valence-corrected chi connectivity index (χ3v) is 5.08. The van der Waals surface area contributed by atoms with Crippen molar-refractivity contribution in [2.45, 2.75) is 13.5 Å². The number of ether oxygens (including phenoxy) is 1. The van der Waals surface area contributed by atoms with E-state index in [1.54, 1.807) is 37.4 Å². The Morgan fingerprint density at radius 1 is 0.935 bits per heavy atom. The van der Waals surface area contributed by atoms with Crippen molar-refractivity contribution < 1.29 is 19.1 Å². The van der Waals surface area contributed by atoms with Crippen molar-refractivity contribution in [3.05, 3.63) is 77.4 Å². The van der Waals surface area contributed by atoms with Crippen molar-refractivity contribution in [1.82, 2.24) is 5.32 Å². The van der Waals surface area contributed by atoms with Crippen molar-refractivity contribution >= 4 is 29.1 Å². The monoisotopic (exact) mass is 415 g/mol. The summed E-state index contributed by atoms with van der Waals surface area (Å²) >= 11 is 0. The maximum Gasteiger partial charge on any atom is 0.255 e. The molecule has 0 aromatic heterocycles. The summed E-state index contributed by atoms with van der Waals surface area (Å²) in [7, 11) is 1.61. The second-order valence-corrected chi connectivity index (χ2v) is 7.14. The van der Waals surface area contributed by atoms with Crippen LogP contribution < -0.4 is 20.7 Å². The van der Waals surface area contributed by atoms with Crippen molar-refractivity contribution in [1.29, 1.82) is 0 Å². The Balaban J connectivity index is 1.62. The maximum absolute atomic E-state index is 12.7. The molecule has 1 aliphatic heterocycles. The van der Waals surface area contributed by atoms with E-state index >= 15 is 0 Å². The van der Waals surface area contributed by atoms with Crippen LogP contribution in [-0.4, -0.2) is 24.8 Å². The van der Waals surface area contributed by atoms with Crippen molar-refractivity contribution in [3.63, 3.8) is 0 Å². The van der Waals surface area contributed by atoms with Crippen LogP contribution in [-0.2, 0) is 11.3 Å². The van der Waals surface area contributed by atoms with E-state index in [4.69, 9.17) is 4.74 Å². The van der Waals surface area contributed by atoms with Crippen LogP contribution in [0, 0.1) is 0 Å². The minimum Gasteiger partial charge on any atom is -0.497 e. The molecule has 4 rings (SSSR count). The molecule has 0 spiro atoms. The van der Waals surface area contributed by atoms with Gasteiger partial charge in [0.15, 0.2) is 0 Å². The van der Waals surface area contributed by atoms with Gasteiger partial charge in [0.05, 0.1) is 18.4 Å². The molecule has 1 heterocycles. The minimum atomic E-state index is -0.339. The molecule has 0 saturated carbocycles. The second-order valence-electron chi connectivity index (χ2n) is 7.14. The summed E-state index contributed by atoms with van der Waals surface area (Å²) in [5, 5.41) is 8.34.